The van der Waals surface area contributed by atoms with Gasteiger partial charge in [-0.25, -0.2) is 0 Å². The van der Waals surface area contributed by atoms with Gasteiger partial charge in [-0.05, 0) is 18.3 Å². The van der Waals surface area contributed by atoms with Gasteiger partial charge in [-0.15, -0.1) is 0 Å². The summed E-state index contributed by atoms with van der Waals surface area (Å²) in [5.74, 6) is -2.38. The van der Waals surface area contributed by atoms with Crippen molar-refractivity contribution in [3.8, 4) is 0 Å². The van der Waals surface area contributed by atoms with E-state index in [-0.39, 0.29) is 18.7 Å². The van der Waals surface area contributed by atoms with Gasteiger partial charge in [0.1, 0.15) is 6.54 Å². The minimum absolute atomic E-state index is 0.0203. The first-order valence-corrected chi connectivity index (χ1v) is 5.64. The summed E-state index contributed by atoms with van der Waals surface area (Å²) in [6.07, 6.45) is 3.39. The molecule has 0 saturated heterocycles. The van der Waals surface area contributed by atoms with Crippen molar-refractivity contribution in [1.82, 2.24) is 5.32 Å². The van der Waals surface area contributed by atoms with Crippen LogP contribution in [0.25, 0.3) is 0 Å². The Hall–Kier alpha value is -1.59. The average Bonchev–Trinajstić information content (AvgIpc) is 2.62. The number of rotatable bonds is 6. The minimum Gasteiger partial charge on any atom is -0.481 e. The normalized spacial score (nSPS) is 17.6. The summed E-state index contributed by atoms with van der Waals surface area (Å²) < 4.78 is 0. The lowest BCUT2D eigenvalue weighted by molar-refractivity contribution is -0.141. The van der Waals surface area contributed by atoms with Gasteiger partial charge in [-0.3, -0.25) is 14.4 Å². The van der Waals surface area contributed by atoms with Crippen LogP contribution in [-0.4, -0.2) is 34.6 Å². The van der Waals surface area contributed by atoms with E-state index in [2.05, 4.69) is 5.32 Å². The molecule has 0 unspecified atom stereocenters. The largest absolute Gasteiger partial charge is 0.481 e. The van der Waals surface area contributed by atoms with Gasteiger partial charge in [0.2, 0.25) is 5.91 Å². The topological polar surface area (TPSA) is 104 Å². The Morgan fingerprint density at radius 2 is 1.59 bits per heavy atom. The molecule has 1 aliphatic rings. The lowest BCUT2D eigenvalue weighted by Crippen LogP contribution is -2.34. The molecule has 0 aromatic heterocycles. The van der Waals surface area contributed by atoms with E-state index in [1.807, 2.05) is 0 Å². The highest BCUT2D eigenvalue weighted by molar-refractivity contribution is 5.82. The smallest absolute Gasteiger partial charge is 0.322 e. The maximum Gasteiger partial charge on any atom is 0.322 e. The third kappa shape index (κ3) is 4.42. The van der Waals surface area contributed by atoms with E-state index in [9.17, 15) is 14.4 Å². The molecule has 1 rings (SSSR count). The van der Waals surface area contributed by atoms with Crippen molar-refractivity contribution in [2.75, 3.05) is 6.54 Å². The Labute approximate surface area is 99.0 Å². The second kappa shape index (κ2) is 5.65. The van der Waals surface area contributed by atoms with Gasteiger partial charge in [0.05, 0.1) is 6.42 Å². The lowest BCUT2D eigenvalue weighted by atomic mass is 9.79. The molecular formula is C11H17NO5. The number of carbonyl (C=O) groups excluding carboxylic acids is 1. The number of aliphatic carboxylic acids is 2. The third-order valence-electron chi connectivity index (χ3n) is 3.16. The quantitative estimate of drug-likeness (QED) is 0.634. The molecule has 0 aromatic carbocycles. The fourth-order valence-corrected chi connectivity index (χ4v) is 2.44. The summed E-state index contributed by atoms with van der Waals surface area (Å²) in [4.78, 5) is 32.6. The number of carboxylic acid groups (broad SMARTS) is 2. The molecule has 1 aliphatic carbocycles. The number of amides is 1. The number of carboxylic acids is 2. The fourth-order valence-electron chi connectivity index (χ4n) is 2.44. The molecule has 1 saturated carbocycles. The number of carbonyl (C=O) groups is 3. The second-order valence-electron chi connectivity index (χ2n) is 4.62. The Morgan fingerprint density at radius 1 is 1.00 bits per heavy atom. The van der Waals surface area contributed by atoms with Crippen LogP contribution in [0.15, 0.2) is 0 Å². The molecule has 0 heterocycles. The van der Waals surface area contributed by atoms with Crippen LogP contribution in [0.3, 0.4) is 0 Å². The molecule has 0 radical (unpaired) electrons. The van der Waals surface area contributed by atoms with Gasteiger partial charge >= 0.3 is 11.9 Å². The van der Waals surface area contributed by atoms with Gasteiger partial charge in [0.25, 0.3) is 0 Å². The number of hydrogen-bond donors (Lipinski definition) is 3. The molecule has 0 bridgehead atoms. The van der Waals surface area contributed by atoms with E-state index in [0.29, 0.717) is 0 Å². The monoisotopic (exact) mass is 243 g/mol. The van der Waals surface area contributed by atoms with Gasteiger partial charge in [-0.2, -0.15) is 0 Å². The molecule has 1 fully saturated rings. The standard InChI is InChI=1S/C11H17NO5/c13-8(12-7-10(16)17)5-11(6-9(14)15)3-1-2-4-11/h1-7H2,(H,12,13)(H,14,15)(H,16,17). The highest BCUT2D eigenvalue weighted by atomic mass is 16.4. The van der Waals surface area contributed by atoms with Crippen LogP contribution in [0, 0.1) is 5.41 Å². The van der Waals surface area contributed by atoms with Crippen molar-refractivity contribution in [3.05, 3.63) is 0 Å². The van der Waals surface area contributed by atoms with Crippen LogP contribution in [-0.2, 0) is 14.4 Å². The Balaban J connectivity index is 2.51. The Morgan fingerprint density at radius 3 is 2.06 bits per heavy atom. The molecule has 6 heteroatoms. The van der Waals surface area contributed by atoms with Crippen molar-refractivity contribution >= 4 is 17.8 Å². The zero-order valence-electron chi connectivity index (χ0n) is 9.57. The zero-order valence-corrected chi connectivity index (χ0v) is 9.57. The number of nitrogens with one attached hydrogen (secondary N) is 1. The first kappa shape index (κ1) is 13.5. The van der Waals surface area contributed by atoms with Crippen LogP contribution in [0.4, 0.5) is 0 Å². The highest BCUT2D eigenvalue weighted by Crippen LogP contribution is 2.43. The van der Waals surface area contributed by atoms with E-state index in [1.54, 1.807) is 0 Å². The van der Waals surface area contributed by atoms with Gasteiger partial charge in [0.15, 0.2) is 0 Å². The first-order chi connectivity index (χ1) is 7.93. The molecule has 3 N–H and O–H groups in total. The average molecular weight is 243 g/mol. The molecule has 0 aliphatic heterocycles. The second-order valence-corrected chi connectivity index (χ2v) is 4.62. The van der Waals surface area contributed by atoms with Crippen LogP contribution in [0.5, 0.6) is 0 Å². The maximum absolute atomic E-state index is 11.5. The molecule has 1 amide bonds. The predicted molar refractivity (Wildman–Crippen MR) is 58.4 cm³/mol. The molecule has 0 aromatic rings. The van der Waals surface area contributed by atoms with Crippen molar-refractivity contribution in [1.29, 1.82) is 0 Å². The lowest BCUT2D eigenvalue weighted by Gasteiger charge is -2.26. The highest BCUT2D eigenvalue weighted by Gasteiger charge is 2.37. The Kier molecular flexibility index (Phi) is 4.48. The SMILES string of the molecule is O=C(O)CNC(=O)CC1(CC(=O)O)CCCC1. The van der Waals surface area contributed by atoms with Crippen molar-refractivity contribution in [2.24, 2.45) is 5.41 Å². The van der Waals surface area contributed by atoms with Crippen LogP contribution >= 0.6 is 0 Å². The molecule has 96 valence electrons. The van der Waals surface area contributed by atoms with Crippen LogP contribution in [0.2, 0.25) is 0 Å². The van der Waals surface area contributed by atoms with Crippen LogP contribution in [0.1, 0.15) is 38.5 Å². The molecule has 0 atom stereocenters. The van der Waals surface area contributed by atoms with Gasteiger partial charge < -0.3 is 15.5 Å². The summed E-state index contributed by atoms with van der Waals surface area (Å²) in [5.41, 5.74) is -0.478. The minimum atomic E-state index is -1.10. The molecule has 6 nitrogen and oxygen atoms in total. The zero-order chi connectivity index (χ0) is 12.9. The van der Waals surface area contributed by atoms with Gasteiger partial charge in [0, 0.05) is 6.42 Å². The summed E-state index contributed by atoms with van der Waals surface area (Å²) in [6, 6.07) is 0. The summed E-state index contributed by atoms with van der Waals surface area (Å²) in [6.45, 7) is -0.415. The Bertz CT molecular complexity index is 320. The van der Waals surface area contributed by atoms with Crippen molar-refractivity contribution in [3.63, 3.8) is 0 Å². The summed E-state index contributed by atoms with van der Waals surface area (Å²) >= 11 is 0. The first-order valence-electron chi connectivity index (χ1n) is 5.64. The van der Waals surface area contributed by atoms with Crippen LogP contribution < -0.4 is 5.32 Å². The van der Waals surface area contributed by atoms with E-state index in [4.69, 9.17) is 10.2 Å². The molecule has 0 spiro atoms. The molecular weight excluding hydrogens is 226 g/mol. The predicted octanol–water partition coefficient (Wildman–Crippen LogP) is 0.612. The number of hydrogen-bond acceptors (Lipinski definition) is 3. The fraction of sp³-hybridized carbons (Fsp3) is 0.727. The third-order valence-corrected chi connectivity index (χ3v) is 3.16. The van der Waals surface area contributed by atoms with Crippen molar-refractivity contribution in [2.45, 2.75) is 38.5 Å². The van der Waals surface area contributed by atoms with E-state index in [0.717, 1.165) is 25.7 Å². The van der Waals surface area contributed by atoms with E-state index < -0.39 is 23.9 Å². The maximum atomic E-state index is 11.5. The molecule has 17 heavy (non-hydrogen) atoms. The van der Waals surface area contributed by atoms with E-state index in [1.165, 1.54) is 0 Å². The summed E-state index contributed by atoms with van der Waals surface area (Å²) in [7, 11) is 0. The van der Waals surface area contributed by atoms with Crippen molar-refractivity contribution < 1.29 is 24.6 Å². The summed E-state index contributed by atoms with van der Waals surface area (Å²) in [5, 5.41) is 19.5. The van der Waals surface area contributed by atoms with Gasteiger partial charge in [-0.1, -0.05) is 12.8 Å². The van der Waals surface area contributed by atoms with E-state index >= 15 is 0 Å².